The summed E-state index contributed by atoms with van der Waals surface area (Å²) in [5.41, 5.74) is 4.80. The highest BCUT2D eigenvalue weighted by Gasteiger charge is 2.19. The van der Waals surface area contributed by atoms with Crippen molar-refractivity contribution in [3.8, 4) is 5.69 Å². The molecule has 4 rings (SSSR count). The Morgan fingerprint density at radius 1 is 1.12 bits per heavy atom. The van der Waals surface area contributed by atoms with Crippen LogP contribution in [-0.2, 0) is 12.8 Å². The van der Waals surface area contributed by atoms with Crippen LogP contribution in [0.3, 0.4) is 0 Å². The van der Waals surface area contributed by atoms with Crippen molar-refractivity contribution in [3.05, 3.63) is 76.9 Å². The van der Waals surface area contributed by atoms with E-state index in [1.807, 2.05) is 12.1 Å². The predicted octanol–water partition coefficient (Wildman–Crippen LogP) is 4.45. The number of para-hydroxylation sites is 1. The van der Waals surface area contributed by atoms with Crippen LogP contribution in [0.25, 0.3) is 5.69 Å². The maximum atomic E-state index is 14.0. The molecule has 26 heavy (non-hydrogen) atoms. The largest absolute Gasteiger partial charge is 0.322 e. The number of benzene rings is 2. The summed E-state index contributed by atoms with van der Waals surface area (Å²) in [6.07, 6.45) is 5.87. The highest BCUT2D eigenvalue weighted by Crippen LogP contribution is 2.28. The van der Waals surface area contributed by atoms with Crippen molar-refractivity contribution in [2.75, 3.05) is 5.32 Å². The zero-order chi connectivity index (χ0) is 18.1. The van der Waals surface area contributed by atoms with Gasteiger partial charge in [0.2, 0.25) is 0 Å². The van der Waals surface area contributed by atoms with Gasteiger partial charge in [-0.05, 0) is 61.9 Å². The van der Waals surface area contributed by atoms with E-state index in [2.05, 4.69) is 16.5 Å². The van der Waals surface area contributed by atoms with Crippen LogP contribution in [0.4, 0.5) is 10.1 Å². The van der Waals surface area contributed by atoms with Crippen molar-refractivity contribution in [1.82, 2.24) is 9.78 Å². The predicted molar refractivity (Wildman–Crippen MR) is 99.3 cm³/mol. The Hall–Kier alpha value is -2.95. The first-order chi connectivity index (χ1) is 12.6. The number of nitrogens with one attached hydrogen (secondary N) is 1. The van der Waals surface area contributed by atoms with E-state index in [9.17, 15) is 9.18 Å². The van der Waals surface area contributed by atoms with E-state index in [-0.39, 0.29) is 11.7 Å². The average Bonchev–Trinajstić information content (AvgIpc) is 3.04. The molecule has 0 unspecified atom stereocenters. The molecule has 132 valence electrons. The highest BCUT2D eigenvalue weighted by atomic mass is 19.1. The number of anilines is 1. The molecule has 0 atom stereocenters. The molecule has 1 aromatic heterocycles. The van der Waals surface area contributed by atoms with Crippen LogP contribution in [0.15, 0.2) is 48.7 Å². The van der Waals surface area contributed by atoms with E-state index in [4.69, 9.17) is 0 Å². The Bertz CT molecular complexity index is 977. The van der Waals surface area contributed by atoms with Crippen LogP contribution in [-0.4, -0.2) is 15.7 Å². The lowest BCUT2D eigenvalue weighted by Gasteiger charge is -2.19. The molecule has 0 radical (unpaired) electrons. The molecule has 0 saturated carbocycles. The number of hydrogen-bond acceptors (Lipinski definition) is 2. The van der Waals surface area contributed by atoms with Crippen LogP contribution in [0.5, 0.6) is 0 Å². The van der Waals surface area contributed by atoms with Gasteiger partial charge in [0.15, 0.2) is 0 Å². The van der Waals surface area contributed by atoms with Crippen molar-refractivity contribution in [2.24, 2.45) is 0 Å². The number of aromatic nitrogens is 2. The van der Waals surface area contributed by atoms with Crippen molar-refractivity contribution in [1.29, 1.82) is 0 Å². The van der Waals surface area contributed by atoms with Gasteiger partial charge in [0.25, 0.3) is 5.91 Å². The van der Waals surface area contributed by atoms with Crippen LogP contribution in [0.1, 0.15) is 40.0 Å². The lowest BCUT2D eigenvalue weighted by Crippen LogP contribution is -2.16. The molecule has 0 bridgehead atoms. The topological polar surface area (TPSA) is 46.9 Å². The Balaban J connectivity index is 1.64. The van der Waals surface area contributed by atoms with Gasteiger partial charge in [-0.25, -0.2) is 9.07 Å². The number of hydrogen-bond donors (Lipinski definition) is 1. The molecule has 0 spiro atoms. The molecule has 3 aromatic rings. The fourth-order valence-electron chi connectivity index (χ4n) is 3.59. The number of carbonyl (C=O) groups excluding carboxylic acids is 1. The molecule has 1 aliphatic rings. The minimum absolute atomic E-state index is 0.218. The van der Waals surface area contributed by atoms with Gasteiger partial charge < -0.3 is 5.32 Å². The minimum atomic E-state index is -0.372. The quantitative estimate of drug-likeness (QED) is 0.759. The Labute approximate surface area is 151 Å². The Kier molecular flexibility index (Phi) is 4.29. The van der Waals surface area contributed by atoms with Crippen LogP contribution < -0.4 is 5.32 Å². The highest BCUT2D eigenvalue weighted by molar-refractivity contribution is 6.05. The fourth-order valence-corrected chi connectivity index (χ4v) is 3.59. The number of halogens is 1. The molecule has 1 heterocycles. The first-order valence-corrected chi connectivity index (χ1v) is 8.87. The molecule has 4 nitrogen and oxygen atoms in total. The van der Waals surface area contributed by atoms with E-state index in [1.165, 1.54) is 34.5 Å². The molecule has 2 aromatic carbocycles. The molecular weight excluding hydrogens is 329 g/mol. The molecule has 0 fully saturated rings. The van der Waals surface area contributed by atoms with Crippen molar-refractivity contribution in [2.45, 2.75) is 32.6 Å². The molecule has 1 N–H and O–H groups in total. The van der Waals surface area contributed by atoms with E-state index < -0.39 is 0 Å². The second-order valence-corrected chi connectivity index (χ2v) is 6.61. The maximum absolute atomic E-state index is 14.0. The van der Waals surface area contributed by atoms with Gasteiger partial charge in [-0.15, -0.1) is 0 Å². The zero-order valence-corrected chi connectivity index (χ0v) is 14.6. The summed E-state index contributed by atoms with van der Waals surface area (Å²) in [6.45, 7) is 1.77. The average molecular weight is 349 g/mol. The smallest absolute Gasteiger partial charge is 0.259 e. The van der Waals surface area contributed by atoms with Gasteiger partial charge in [-0.3, -0.25) is 4.79 Å². The van der Waals surface area contributed by atoms with Crippen molar-refractivity contribution < 1.29 is 9.18 Å². The van der Waals surface area contributed by atoms with Gasteiger partial charge in [0, 0.05) is 5.69 Å². The standard InChI is InChI=1S/C21H20FN3O/c1-14-17(13-23-25(14)20-12-5-4-10-18(20)22)21(26)24-19-11-6-8-15-7-2-3-9-16(15)19/h4-6,8,10-13H,2-3,7,9H2,1H3,(H,24,26). The third-order valence-corrected chi connectivity index (χ3v) is 4.98. The SMILES string of the molecule is Cc1c(C(=O)Nc2cccc3c2CCCC3)cnn1-c1ccccc1F. The van der Waals surface area contributed by atoms with Gasteiger partial charge in [0.1, 0.15) is 11.5 Å². The van der Waals surface area contributed by atoms with Gasteiger partial charge in [0.05, 0.1) is 17.5 Å². The normalized spacial score (nSPS) is 13.3. The number of aryl methyl sites for hydroxylation is 1. The summed E-state index contributed by atoms with van der Waals surface area (Å²) in [4.78, 5) is 12.8. The van der Waals surface area contributed by atoms with Gasteiger partial charge >= 0.3 is 0 Å². The second kappa shape index (κ2) is 6.75. The van der Waals surface area contributed by atoms with Crippen LogP contribution in [0, 0.1) is 12.7 Å². The monoisotopic (exact) mass is 349 g/mol. The molecular formula is C21H20FN3O. The molecule has 0 saturated heterocycles. The number of amides is 1. The van der Waals surface area contributed by atoms with Crippen LogP contribution in [0.2, 0.25) is 0 Å². The lowest BCUT2D eigenvalue weighted by molar-refractivity contribution is 0.102. The van der Waals surface area contributed by atoms with E-state index in [1.54, 1.807) is 25.1 Å². The van der Waals surface area contributed by atoms with E-state index >= 15 is 0 Å². The van der Waals surface area contributed by atoms with Crippen molar-refractivity contribution >= 4 is 11.6 Å². The molecule has 0 aliphatic heterocycles. The first kappa shape index (κ1) is 16.5. The Morgan fingerprint density at radius 3 is 2.77 bits per heavy atom. The lowest BCUT2D eigenvalue weighted by atomic mass is 9.90. The fraction of sp³-hybridized carbons (Fsp3) is 0.238. The number of fused-ring (bicyclic) bond motifs is 1. The van der Waals surface area contributed by atoms with Gasteiger partial charge in [-0.2, -0.15) is 5.10 Å². The summed E-state index contributed by atoms with van der Waals surface area (Å²) < 4.78 is 15.5. The summed E-state index contributed by atoms with van der Waals surface area (Å²) in [6, 6.07) is 12.5. The number of nitrogens with zero attached hydrogens (tertiary/aromatic N) is 2. The minimum Gasteiger partial charge on any atom is -0.322 e. The van der Waals surface area contributed by atoms with Gasteiger partial charge in [-0.1, -0.05) is 24.3 Å². The summed E-state index contributed by atoms with van der Waals surface area (Å²) in [7, 11) is 0. The molecule has 1 amide bonds. The number of rotatable bonds is 3. The number of carbonyl (C=O) groups is 1. The summed E-state index contributed by atoms with van der Waals surface area (Å²) in [5, 5.41) is 7.23. The third kappa shape index (κ3) is 2.90. The van der Waals surface area contributed by atoms with Crippen LogP contribution >= 0.6 is 0 Å². The third-order valence-electron chi connectivity index (χ3n) is 4.98. The first-order valence-electron chi connectivity index (χ1n) is 8.87. The zero-order valence-electron chi connectivity index (χ0n) is 14.6. The second-order valence-electron chi connectivity index (χ2n) is 6.61. The Morgan fingerprint density at radius 2 is 1.92 bits per heavy atom. The molecule has 1 aliphatic carbocycles. The summed E-state index contributed by atoms with van der Waals surface area (Å²) >= 11 is 0. The molecule has 5 heteroatoms. The summed E-state index contributed by atoms with van der Waals surface area (Å²) in [5.74, 6) is -0.591. The van der Waals surface area contributed by atoms with Crippen molar-refractivity contribution in [3.63, 3.8) is 0 Å². The maximum Gasteiger partial charge on any atom is 0.259 e. The van der Waals surface area contributed by atoms with E-state index in [0.29, 0.717) is 16.9 Å². The van der Waals surface area contributed by atoms with E-state index in [0.717, 1.165) is 24.9 Å².